The van der Waals surface area contributed by atoms with Gasteiger partial charge >= 0.3 is 0 Å². The molecule has 5 aliphatic rings. The fourth-order valence-electron chi connectivity index (χ4n) is 7.32. The van der Waals surface area contributed by atoms with Crippen molar-refractivity contribution in [3.8, 4) is 11.4 Å². The summed E-state index contributed by atoms with van der Waals surface area (Å²) in [4.78, 5) is 59.9. The van der Waals surface area contributed by atoms with Crippen molar-refractivity contribution in [2.45, 2.75) is 75.0 Å². The van der Waals surface area contributed by atoms with Gasteiger partial charge in [0.2, 0.25) is 23.6 Å². The molecule has 7 rings (SSSR count). The lowest BCUT2D eigenvalue weighted by molar-refractivity contribution is -0.141. The molecule has 5 saturated heterocycles. The number of hydrogen-bond donors (Lipinski definition) is 3. The molecule has 5 fully saturated rings. The smallest absolute Gasteiger partial charge is 0.248 e. The van der Waals surface area contributed by atoms with E-state index in [0.29, 0.717) is 50.4 Å². The van der Waals surface area contributed by atoms with Crippen molar-refractivity contribution >= 4 is 23.6 Å². The number of fused-ring (bicyclic) bond motifs is 7. The van der Waals surface area contributed by atoms with Crippen molar-refractivity contribution < 1.29 is 29.0 Å². The van der Waals surface area contributed by atoms with Gasteiger partial charge in [0.15, 0.2) is 0 Å². The Morgan fingerprint density at radius 1 is 1.04 bits per heavy atom. The number of phenolic OH excluding ortho intramolecular Hbond substituents is 1. The summed E-state index contributed by atoms with van der Waals surface area (Å²) >= 11 is 0. The van der Waals surface area contributed by atoms with Gasteiger partial charge < -0.3 is 30.3 Å². The Morgan fingerprint density at radius 2 is 1.78 bits per heavy atom. The van der Waals surface area contributed by atoms with Crippen LogP contribution in [0.3, 0.4) is 0 Å². The van der Waals surface area contributed by atoms with Crippen LogP contribution in [0.4, 0.5) is 0 Å². The lowest BCUT2D eigenvalue weighted by atomic mass is 9.83. The molecular formula is C31H42N8O6. The number of aromatic nitrogens is 3. The van der Waals surface area contributed by atoms with Crippen LogP contribution in [-0.4, -0.2) is 129 Å². The number of phenols is 1. The third kappa shape index (κ3) is 6.81. The zero-order valence-corrected chi connectivity index (χ0v) is 25.7. The van der Waals surface area contributed by atoms with Gasteiger partial charge in [0, 0.05) is 52.2 Å². The lowest BCUT2D eigenvalue weighted by Crippen LogP contribution is -2.63. The number of aromatic hydroxyl groups is 1. The van der Waals surface area contributed by atoms with Gasteiger partial charge in [0.1, 0.15) is 18.4 Å². The molecule has 1 spiro atoms. The van der Waals surface area contributed by atoms with Crippen molar-refractivity contribution in [1.82, 2.24) is 40.3 Å². The molecule has 0 unspecified atom stereocenters. The average molecular weight is 623 g/mol. The van der Waals surface area contributed by atoms with E-state index < -0.39 is 11.6 Å². The maximum atomic E-state index is 14.0. The van der Waals surface area contributed by atoms with Gasteiger partial charge in [-0.15, -0.1) is 5.10 Å². The first-order chi connectivity index (χ1) is 21.7. The minimum atomic E-state index is -0.863. The Hall–Kier alpha value is -4.04. The third-order valence-corrected chi connectivity index (χ3v) is 9.77. The highest BCUT2D eigenvalue weighted by atomic mass is 16.5. The molecule has 2 bridgehead atoms. The first-order valence-corrected chi connectivity index (χ1v) is 15.9. The van der Waals surface area contributed by atoms with Gasteiger partial charge in [0.25, 0.3) is 0 Å². The molecule has 1 aromatic carbocycles. The van der Waals surface area contributed by atoms with Crippen LogP contribution >= 0.6 is 0 Å². The van der Waals surface area contributed by atoms with Gasteiger partial charge in [-0.3, -0.25) is 24.1 Å². The van der Waals surface area contributed by atoms with E-state index in [1.165, 1.54) is 7.11 Å². The predicted molar refractivity (Wildman–Crippen MR) is 161 cm³/mol. The van der Waals surface area contributed by atoms with Crippen LogP contribution in [-0.2, 0) is 30.3 Å². The molecule has 5 aliphatic heterocycles. The number of likely N-dealkylation sites (tertiary alicyclic amines) is 1. The standard InChI is InChI=1S/C31H42N8O6/c1-45-20-28(42)36-15-10-31(11-16-36)18-27(41)32-25(17-21-19-39(35-34-21)23-4-6-24(40)7-5-23)30(44)37-13-8-22(9-14-37)38-12-2-3-26(38)29(43)33-31/h4-7,19,22,25-26,40H,2-3,8-18,20H2,1H3,(H,32,41)(H,33,43)/t25-,26+/m1/s1. The van der Waals surface area contributed by atoms with Crippen molar-refractivity contribution in [1.29, 1.82) is 0 Å². The second kappa shape index (κ2) is 13.1. The largest absolute Gasteiger partial charge is 0.508 e. The molecule has 45 heavy (non-hydrogen) atoms. The summed E-state index contributed by atoms with van der Waals surface area (Å²) in [6.45, 7) is 2.71. The van der Waals surface area contributed by atoms with Gasteiger partial charge in [-0.25, -0.2) is 4.68 Å². The SMILES string of the molecule is COCC(=O)N1CCC2(CC1)CC(=O)N[C@H](Cc1cn(-c3ccc(O)cc3)nn1)C(=O)N1CCC(CC1)N1CCC[C@H]1C(=O)N2. The molecule has 2 atom stereocenters. The molecule has 3 N–H and O–H groups in total. The Balaban J connectivity index is 1.25. The topological polar surface area (TPSA) is 162 Å². The molecule has 1 aromatic heterocycles. The number of ether oxygens (including phenoxy) is 1. The normalized spacial score (nSPS) is 24.8. The molecule has 0 saturated carbocycles. The van der Waals surface area contributed by atoms with Crippen LogP contribution in [0.1, 0.15) is 50.6 Å². The molecule has 14 heteroatoms. The second-order valence-electron chi connectivity index (χ2n) is 12.7. The lowest BCUT2D eigenvalue weighted by Gasteiger charge is -2.45. The molecule has 6 heterocycles. The van der Waals surface area contributed by atoms with Crippen molar-refractivity contribution in [3.63, 3.8) is 0 Å². The number of nitrogens with one attached hydrogen (secondary N) is 2. The van der Waals surface area contributed by atoms with E-state index in [2.05, 4.69) is 25.8 Å². The zero-order valence-electron chi connectivity index (χ0n) is 25.7. The molecule has 0 aliphatic carbocycles. The first kappa shape index (κ1) is 31.0. The summed E-state index contributed by atoms with van der Waals surface area (Å²) in [5.41, 5.74) is 0.381. The maximum absolute atomic E-state index is 14.0. The van der Waals surface area contributed by atoms with Crippen LogP contribution in [0.25, 0.3) is 5.69 Å². The Labute approximate surface area is 262 Å². The summed E-state index contributed by atoms with van der Waals surface area (Å²) in [5.74, 6) is -0.546. The van der Waals surface area contributed by atoms with Crippen LogP contribution in [0, 0.1) is 0 Å². The van der Waals surface area contributed by atoms with Gasteiger partial charge in [-0.05, 0) is 69.3 Å². The minimum Gasteiger partial charge on any atom is -0.508 e. The molecule has 242 valence electrons. The van der Waals surface area contributed by atoms with E-state index in [0.717, 1.165) is 32.2 Å². The monoisotopic (exact) mass is 622 g/mol. The van der Waals surface area contributed by atoms with Crippen molar-refractivity contribution in [2.24, 2.45) is 0 Å². The quantitative estimate of drug-likeness (QED) is 0.416. The Bertz CT molecular complexity index is 1400. The van der Waals surface area contributed by atoms with E-state index in [1.54, 1.807) is 40.0 Å². The average Bonchev–Trinajstić information content (AvgIpc) is 3.71. The van der Waals surface area contributed by atoms with E-state index >= 15 is 0 Å². The number of piperidine rings is 2. The van der Waals surface area contributed by atoms with Crippen LogP contribution in [0.2, 0.25) is 0 Å². The molecule has 14 nitrogen and oxygen atoms in total. The van der Waals surface area contributed by atoms with Crippen LogP contribution in [0.5, 0.6) is 5.75 Å². The predicted octanol–water partition coefficient (Wildman–Crippen LogP) is -0.0169. The fraction of sp³-hybridized carbons (Fsp3) is 0.613. The number of methoxy groups -OCH3 is 1. The zero-order chi connectivity index (χ0) is 31.6. The highest BCUT2D eigenvalue weighted by molar-refractivity contribution is 5.89. The molecule has 4 amide bonds. The Kier molecular flexibility index (Phi) is 9.04. The number of carbonyl (C=O) groups is 4. The summed E-state index contributed by atoms with van der Waals surface area (Å²) in [7, 11) is 1.48. The molecule has 2 aromatic rings. The molecule has 0 radical (unpaired) electrons. The maximum Gasteiger partial charge on any atom is 0.248 e. The van der Waals surface area contributed by atoms with Crippen LogP contribution in [0.15, 0.2) is 30.5 Å². The van der Waals surface area contributed by atoms with Crippen LogP contribution < -0.4 is 10.6 Å². The van der Waals surface area contributed by atoms with E-state index in [-0.39, 0.29) is 60.9 Å². The minimum absolute atomic E-state index is 0.00875. The van der Waals surface area contributed by atoms with E-state index in [4.69, 9.17) is 4.74 Å². The summed E-state index contributed by atoms with van der Waals surface area (Å²) in [6.07, 6.45) is 5.90. The fourth-order valence-corrected chi connectivity index (χ4v) is 7.32. The number of rotatable bonds is 5. The summed E-state index contributed by atoms with van der Waals surface area (Å²) in [6, 6.07) is 5.60. The van der Waals surface area contributed by atoms with E-state index in [1.807, 2.05) is 4.90 Å². The van der Waals surface area contributed by atoms with E-state index in [9.17, 15) is 24.3 Å². The highest BCUT2D eigenvalue weighted by Gasteiger charge is 2.44. The third-order valence-electron chi connectivity index (χ3n) is 9.77. The molecular weight excluding hydrogens is 580 g/mol. The summed E-state index contributed by atoms with van der Waals surface area (Å²) < 4.78 is 6.59. The van der Waals surface area contributed by atoms with Gasteiger partial charge in [0.05, 0.1) is 29.2 Å². The number of nitrogens with zero attached hydrogens (tertiary/aromatic N) is 6. The first-order valence-electron chi connectivity index (χ1n) is 15.9. The number of hydrogen-bond acceptors (Lipinski definition) is 9. The van der Waals surface area contributed by atoms with Gasteiger partial charge in [-0.1, -0.05) is 5.21 Å². The summed E-state index contributed by atoms with van der Waals surface area (Å²) in [5, 5.41) is 24.4. The second-order valence-corrected chi connectivity index (χ2v) is 12.7. The Morgan fingerprint density at radius 3 is 2.49 bits per heavy atom. The number of carbonyl (C=O) groups excluding carboxylic acids is 4. The number of amides is 4. The number of benzene rings is 1. The highest BCUT2D eigenvalue weighted by Crippen LogP contribution is 2.31. The van der Waals surface area contributed by atoms with Gasteiger partial charge in [-0.2, -0.15) is 0 Å². The van der Waals surface area contributed by atoms with Crippen molar-refractivity contribution in [3.05, 3.63) is 36.2 Å². The van der Waals surface area contributed by atoms with Crippen molar-refractivity contribution in [2.75, 3.05) is 46.4 Å².